The minimum Gasteiger partial charge on any atom is -0.382 e. The molecule has 0 aromatic carbocycles. The van der Waals surface area contributed by atoms with Crippen molar-refractivity contribution in [3.63, 3.8) is 0 Å². The molecule has 0 saturated carbocycles. The van der Waals surface area contributed by atoms with E-state index in [1.54, 1.807) is 0 Å². The van der Waals surface area contributed by atoms with Crippen LogP contribution in [0.15, 0.2) is 0 Å². The second kappa shape index (κ2) is 4.00. The Bertz CT molecular complexity index is 283. The zero-order valence-corrected chi connectivity index (χ0v) is 8.76. The van der Waals surface area contributed by atoms with E-state index < -0.39 is 0 Å². The molecule has 1 saturated heterocycles. The summed E-state index contributed by atoms with van der Waals surface area (Å²) in [7, 11) is 0. The van der Waals surface area contributed by atoms with Crippen LogP contribution < -0.4 is 5.32 Å². The number of anilines is 1. The standard InChI is InChI=1S/C10H17N3O/c1-7-10(8(2)13-12-7)11-5-9-3-4-14-6-9/h9,11H,3-6H2,1-2H3,(H,12,13). The van der Waals surface area contributed by atoms with Gasteiger partial charge in [0.2, 0.25) is 0 Å². The highest BCUT2D eigenvalue weighted by molar-refractivity contribution is 5.51. The predicted molar refractivity (Wildman–Crippen MR) is 55.5 cm³/mol. The Kier molecular flexibility index (Phi) is 2.72. The molecule has 1 atom stereocenters. The van der Waals surface area contributed by atoms with Gasteiger partial charge in [-0.25, -0.2) is 0 Å². The largest absolute Gasteiger partial charge is 0.382 e. The second-order valence-corrected chi connectivity index (χ2v) is 3.92. The number of ether oxygens (including phenoxy) is 1. The van der Waals surface area contributed by atoms with E-state index in [4.69, 9.17) is 4.74 Å². The molecule has 2 rings (SSSR count). The van der Waals surface area contributed by atoms with Crippen molar-refractivity contribution in [2.24, 2.45) is 5.92 Å². The summed E-state index contributed by atoms with van der Waals surface area (Å²) in [5.41, 5.74) is 3.31. The van der Waals surface area contributed by atoms with E-state index in [9.17, 15) is 0 Å². The lowest BCUT2D eigenvalue weighted by Gasteiger charge is -2.10. The Morgan fingerprint density at radius 1 is 1.57 bits per heavy atom. The first-order valence-electron chi connectivity index (χ1n) is 5.10. The van der Waals surface area contributed by atoms with Crippen LogP contribution in [0.3, 0.4) is 0 Å². The van der Waals surface area contributed by atoms with E-state index in [0.29, 0.717) is 5.92 Å². The minimum atomic E-state index is 0.656. The van der Waals surface area contributed by atoms with E-state index in [1.807, 2.05) is 13.8 Å². The third kappa shape index (κ3) is 1.90. The van der Waals surface area contributed by atoms with Crippen molar-refractivity contribution >= 4 is 5.69 Å². The van der Waals surface area contributed by atoms with E-state index in [0.717, 1.165) is 36.8 Å². The summed E-state index contributed by atoms with van der Waals surface area (Å²) in [5, 5.41) is 10.5. The van der Waals surface area contributed by atoms with E-state index >= 15 is 0 Å². The van der Waals surface area contributed by atoms with Crippen LogP contribution >= 0.6 is 0 Å². The summed E-state index contributed by atoms with van der Waals surface area (Å²) < 4.78 is 5.32. The van der Waals surface area contributed by atoms with Gasteiger partial charge in [-0.3, -0.25) is 5.10 Å². The van der Waals surface area contributed by atoms with Crippen LogP contribution in [0.1, 0.15) is 17.8 Å². The number of hydrogen-bond acceptors (Lipinski definition) is 3. The van der Waals surface area contributed by atoms with Crippen molar-refractivity contribution in [1.82, 2.24) is 10.2 Å². The molecule has 1 aromatic heterocycles. The quantitative estimate of drug-likeness (QED) is 0.768. The molecule has 1 aromatic rings. The number of H-pyrrole nitrogens is 1. The molecule has 1 fully saturated rings. The molecule has 4 heteroatoms. The van der Waals surface area contributed by atoms with Crippen molar-refractivity contribution in [2.45, 2.75) is 20.3 Å². The van der Waals surface area contributed by atoms with E-state index in [-0.39, 0.29) is 0 Å². The van der Waals surface area contributed by atoms with Crippen molar-refractivity contribution < 1.29 is 4.74 Å². The number of aromatic amines is 1. The number of aromatic nitrogens is 2. The van der Waals surface area contributed by atoms with Gasteiger partial charge in [-0.1, -0.05) is 0 Å². The molecule has 0 radical (unpaired) electrons. The fourth-order valence-electron chi connectivity index (χ4n) is 1.80. The third-order valence-electron chi connectivity index (χ3n) is 2.72. The van der Waals surface area contributed by atoms with Gasteiger partial charge in [-0.15, -0.1) is 0 Å². The fourth-order valence-corrected chi connectivity index (χ4v) is 1.80. The van der Waals surface area contributed by atoms with Crippen molar-refractivity contribution in [3.05, 3.63) is 11.4 Å². The lowest BCUT2D eigenvalue weighted by atomic mass is 10.1. The summed E-state index contributed by atoms with van der Waals surface area (Å²) >= 11 is 0. The lowest BCUT2D eigenvalue weighted by molar-refractivity contribution is 0.187. The Balaban J connectivity index is 1.90. The summed E-state index contributed by atoms with van der Waals surface area (Å²) in [6, 6.07) is 0. The first kappa shape index (κ1) is 9.52. The van der Waals surface area contributed by atoms with Crippen LogP contribution in [-0.2, 0) is 4.74 Å². The average Bonchev–Trinajstić information content (AvgIpc) is 2.76. The maximum atomic E-state index is 5.32. The first-order chi connectivity index (χ1) is 6.77. The van der Waals surface area contributed by atoms with Gasteiger partial charge in [0.25, 0.3) is 0 Å². The van der Waals surface area contributed by atoms with Crippen molar-refractivity contribution in [2.75, 3.05) is 25.1 Å². The molecule has 4 nitrogen and oxygen atoms in total. The lowest BCUT2D eigenvalue weighted by Crippen LogP contribution is -2.14. The van der Waals surface area contributed by atoms with Crippen molar-refractivity contribution in [3.8, 4) is 0 Å². The van der Waals surface area contributed by atoms with Crippen LogP contribution in [0.2, 0.25) is 0 Å². The van der Waals surface area contributed by atoms with Gasteiger partial charge in [-0.2, -0.15) is 5.10 Å². The van der Waals surface area contributed by atoms with Gasteiger partial charge in [0.15, 0.2) is 0 Å². The van der Waals surface area contributed by atoms with Gasteiger partial charge >= 0.3 is 0 Å². The summed E-state index contributed by atoms with van der Waals surface area (Å²) in [4.78, 5) is 0. The smallest absolute Gasteiger partial charge is 0.0825 e. The highest BCUT2D eigenvalue weighted by Crippen LogP contribution is 2.18. The third-order valence-corrected chi connectivity index (χ3v) is 2.72. The molecular formula is C10H17N3O. The van der Waals surface area contributed by atoms with Gasteiger partial charge in [-0.05, 0) is 20.3 Å². The Labute approximate surface area is 84.0 Å². The van der Waals surface area contributed by atoms with Crippen LogP contribution in [0, 0.1) is 19.8 Å². The zero-order valence-electron chi connectivity index (χ0n) is 8.76. The number of rotatable bonds is 3. The Hall–Kier alpha value is -1.03. The summed E-state index contributed by atoms with van der Waals surface area (Å²) in [6.45, 7) is 6.84. The molecule has 0 aliphatic carbocycles. The normalized spacial score (nSPS) is 21.4. The molecule has 1 unspecified atom stereocenters. The van der Waals surface area contributed by atoms with Crippen LogP contribution in [-0.4, -0.2) is 30.0 Å². The highest BCUT2D eigenvalue weighted by Gasteiger charge is 2.16. The van der Waals surface area contributed by atoms with Crippen LogP contribution in [0.5, 0.6) is 0 Å². The molecule has 78 valence electrons. The van der Waals surface area contributed by atoms with Crippen LogP contribution in [0.25, 0.3) is 0 Å². The molecule has 2 heterocycles. The molecular weight excluding hydrogens is 178 g/mol. The number of nitrogens with one attached hydrogen (secondary N) is 2. The molecule has 0 bridgehead atoms. The van der Waals surface area contributed by atoms with Crippen molar-refractivity contribution in [1.29, 1.82) is 0 Å². The summed E-state index contributed by atoms with van der Waals surface area (Å²) in [6.07, 6.45) is 1.17. The topological polar surface area (TPSA) is 49.9 Å². The predicted octanol–water partition coefficient (Wildman–Crippen LogP) is 1.47. The SMILES string of the molecule is Cc1n[nH]c(C)c1NCC1CCOC1. The van der Waals surface area contributed by atoms with Gasteiger partial charge in [0.05, 0.1) is 23.7 Å². The first-order valence-corrected chi connectivity index (χ1v) is 5.10. The van der Waals surface area contributed by atoms with E-state index in [2.05, 4.69) is 15.5 Å². The highest BCUT2D eigenvalue weighted by atomic mass is 16.5. The number of aryl methyl sites for hydroxylation is 2. The molecule has 0 amide bonds. The maximum Gasteiger partial charge on any atom is 0.0825 e. The minimum absolute atomic E-state index is 0.656. The van der Waals surface area contributed by atoms with Gasteiger partial charge in [0, 0.05) is 19.1 Å². The Morgan fingerprint density at radius 3 is 3.00 bits per heavy atom. The maximum absolute atomic E-state index is 5.32. The number of hydrogen-bond donors (Lipinski definition) is 2. The summed E-state index contributed by atoms with van der Waals surface area (Å²) in [5.74, 6) is 0.656. The van der Waals surface area contributed by atoms with E-state index in [1.165, 1.54) is 6.42 Å². The zero-order chi connectivity index (χ0) is 9.97. The number of nitrogens with zero attached hydrogens (tertiary/aromatic N) is 1. The average molecular weight is 195 g/mol. The molecule has 14 heavy (non-hydrogen) atoms. The van der Waals surface area contributed by atoms with Gasteiger partial charge in [0.1, 0.15) is 0 Å². The van der Waals surface area contributed by atoms with Gasteiger partial charge < -0.3 is 10.1 Å². The van der Waals surface area contributed by atoms with Crippen LogP contribution in [0.4, 0.5) is 5.69 Å². The molecule has 2 N–H and O–H groups in total. The Morgan fingerprint density at radius 2 is 2.43 bits per heavy atom. The molecule has 0 spiro atoms. The molecule has 1 aliphatic heterocycles. The second-order valence-electron chi connectivity index (χ2n) is 3.92. The molecule has 1 aliphatic rings. The monoisotopic (exact) mass is 195 g/mol. The fraction of sp³-hybridized carbons (Fsp3) is 0.700.